The van der Waals surface area contributed by atoms with Gasteiger partial charge in [-0.05, 0) is 43.4 Å². The van der Waals surface area contributed by atoms with E-state index < -0.39 is 0 Å². The molecule has 0 radical (unpaired) electrons. The van der Waals surface area contributed by atoms with Gasteiger partial charge in [0.25, 0.3) is 0 Å². The number of piperidine rings is 1. The molecule has 1 nitrogen and oxygen atoms in total. The molecule has 2 atom stereocenters. The second-order valence-electron chi connectivity index (χ2n) is 4.84. The van der Waals surface area contributed by atoms with Crippen molar-refractivity contribution in [2.24, 2.45) is 11.8 Å². The summed E-state index contributed by atoms with van der Waals surface area (Å²) in [6.07, 6.45) is 5.46. The summed E-state index contributed by atoms with van der Waals surface area (Å²) in [5.41, 5.74) is 0. The van der Waals surface area contributed by atoms with E-state index in [1.807, 2.05) is 0 Å². The zero-order valence-corrected chi connectivity index (χ0v) is 10.6. The third kappa shape index (κ3) is 4.22. The van der Waals surface area contributed by atoms with E-state index in [-0.39, 0.29) is 0 Å². The molecule has 0 aromatic heterocycles. The summed E-state index contributed by atoms with van der Waals surface area (Å²) in [6.45, 7) is 8.56. The lowest BCUT2D eigenvalue weighted by molar-refractivity contribution is 0.161. The fourth-order valence-electron chi connectivity index (χ4n) is 2.47. The highest BCUT2D eigenvalue weighted by atomic mass is 32.1. The Kier molecular flexibility index (Phi) is 5.95. The van der Waals surface area contributed by atoms with E-state index in [4.69, 9.17) is 0 Å². The van der Waals surface area contributed by atoms with Gasteiger partial charge in [0, 0.05) is 13.1 Å². The molecule has 1 saturated heterocycles. The highest BCUT2D eigenvalue weighted by molar-refractivity contribution is 7.80. The molecule has 0 aromatic carbocycles. The Morgan fingerprint density at radius 2 is 2.29 bits per heavy atom. The Hall–Kier alpha value is 0.310. The summed E-state index contributed by atoms with van der Waals surface area (Å²) < 4.78 is 0. The lowest BCUT2D eigenvalue weighted by atomic mass is 9.98. The molecule has 1 aliphatic heterocycles. The zero-order valence-electron chi connectivity index (χ0n) is 9.71. The van der Waals surface area contributed by atoms with E-state index in [0.717, 1.165) is 17.6 Å². The first kappa shape index (κ1) is 12.4. The van der Waals surface area contributed by atoms with Crippen molar-refractivity contribution < 1.29 is 0 Å². The summed E-state index contributed by atoms with van der Waals surface area (Å²) >= 11 is 4.45. The Morgan fingerprint density at radius 1 is 1.50 bits per heavy atom. The second-order valence-corrected chi connectivity index (χ2v) is 5.21. The van der Waals surface area contributed by atoms with Gasteiger partial charge in [-0.1, -0.05) is 20.3 Å². The Bertz CT molecular complexity index is 149. The first-order valence-corrected chi connectivity index (χ1v) is 6.72. The molecular weight excluding hydrogens is 190 g/mol. The van der Waals surface area contributed by atoms with Crippen molar-refractivity contribution in [1.29, 1.82) is 0 Å². The molecule has 0 amide bonds. The Morgan fingerprint density at radius 3 is 2.86 bits per heavy atom. The number of nitrogens with zero attached hydrogens (tertiary/aromatic N) is 1. The number of hydrogen-bond acceptors (Lipinski definition) is 2. The number of likely N-dealkylation sites (tertiary alicyclic amines) is 1. The predicted octanol–water partition coefficient (Wildman–Crippen LogP) is 3.06. The smallest absolute Gasteiger partial charge is 0.00176 e. The molecule has 1 heterocycles. The predicted molar refractivity (Wildman–Crippen MR) is 67.1 cm³/mol. The maximum absolute atomic E-state index is 4.45. The standard InChI is InChI=1S/C12H25NS/c1-3-5-12(10-14)9-13-7-4-6-11(2)8-13/h11-12,14H,3-10H2,1-2H3. The maximum Gasteiger partial charge on any atom is 0.00176 e. The minimum Gasteiger partial charge on any atom is -0.303 e. The molecular formula is C12H25NS. The van der Waals surface area contributed by atoms with Crippen molar-refractivity contribution in [3.63, 3.8) is 0 Å². The molecule has 1 fully saturated rings. The quantitative estimate of drug-likeness (QED) is 0.690. The van der Waals surface area contributed by atoms with Crippen LogP contribution in [0.4, 0.5) is 0 Å². The third-order valence-electron chi connectivity index (χ3n) is 3.21. The minimum atomic E-state index is 0.814. The average Bonchev–Trinajstić information content (AvgIpc) is 2.17. The minimum absolute atomic E-state index is 0.814. The van der Waals surface area contributed by atoms with E-state index >= 15 is 0 Å². The maximum atomic E-state index is 4.45. The summed E-state index contributed by atoms with van der Waals surface area (Å²) in [6, 6.07) is 0. The zero-order chi connectivity index (χ0) is 10.4. The molecule has 1 aliphatic rings. The average molecular weight is 215 g/mol. The van der Waals surface area contributed by atoms with Gasteiger partial charge in [0.2, 0.25) is 0 Å². The highest BCUT2D eigenvalue weighted by Crippen LogP contribution is 2.18. The van der Waals surface area contributed by atoms with Gasteiger partial charge < -0.3 is 4.90 Å². The van der Waals surface area contributed by atoms with Crippen LogP contribution in [0, 0.1) is 11.8 Å². The van der Waals surface area contributed by atoms with Crippen LogP contribution in [0.5, 0.6) is 0 Å². The van der Waals surface area contributed by atoms with E-state index in [1.165, 1.54) is 45.3 Å². The molecule has 1 rings (SSSR count). The van der Waals surface area contributed by atoms with E-state index in [1.54, 1.807) is 0 Å². The van der Waals surface area contributed by atoms with Crippen molar-refractivity contribution in [2.75, 3.05) is 25.4 Å². The summed E-state index contributed by atoms with van der Waals surface area (Å²) in [5, 5.41) is 0. The molecule has 2 unspecified atom stereocenters. The second kappa shape index (κ2) is 6.73. The topological polar surface area (TPSA) is 3.24 Å². The van der Waals surface area contributed by atoms with Gasteiger partial charge in [-0.15, -0.1) is 0 Å². The van der Waals surface area contributed by atoms with Crippen molar-refractivity contribution >= 4 is 12.6 Å². The van der Waals surface area contributed by atoms with E-state index in [9.17, 15) is 0 Å². The van der Waals surface area contributed by atoms with Gasteiger partial charge in [-0.25, -0.2) is 0 Å². The molecule has 0 bridgehead atoms. The lowest BCUT2D eigenvalue weighted by Crippen LogP contribution is -2.38. The fraction of sp³-hybridized carbons (Fsp3) is 1.00. The number of thiol groups is 1. The molecule has 14 heavy (non-hydrogen) atoms. The third-order valence-corrected chi connectivity index (χ3v) is 3.73. The Balaban J connectivity index is 2.26. The first-order valence-electron chi connectivity index (χ1n) is 6.09. The van der Waals surface area contributed by atoms with Crippen LogP contribution in [0.1, 0.15) is 39.5 Å². The van der Waals surface area contributed by atoms with Crippen LogP contribution in [0.2, 0.25) is 0 Å². The van der Waals surface area contributed by atoms with Crippen LogP contribution >= 0.6 is 12.6 Å². The SMILES string of the molecule is CCCC(CS)CN1CCCC(C)C1. The van der Waals surface area contributed by atoms with Crippen LogP contribution in [0.15, 0.2) is 0 Å². The van der Waals surface area contributed by atoms with Crippen molar-refractivity contribution in [2.45, 2.75) is 39.5 Å². The van der Waals surface area contributed by atoms with Crippen LogP contribution in [-0.2, 0) is 0 Å². The van der Waals surface area contributed by atoms with Gasteiger partial charge in [-0.3, -0.25) is 0 Å². The van der Waals surface area contributed by atoms with E-state index in [2.05, 4.69) is 31.4 Å². The van der Waals surface area contributed by atoms with Crippen molar-refractivity contribution in [1.82, 2.24) is 4.90 Å². The highest BCUT2D eigenvalue weighted by Gasteiger charge is 2.18. The number of hydrogen-bond donors (Lipinski definition) is 1. The molecule has 0 aliphatic carbocycles. The van der Waals surface area contributed by atoms with Crippen LogP contribution < -0.4 is 0 Å². The largest absolute Gasteiger partial charge is 0.303 e. The van der Waals surface area contributed by atoms with Gasteiger partial charge in [0.05, 0.1) is 0 Å². The summed E-state index contributed by atoms with van der Waals surface area (Å²) in [4.78, 5) is 2.64. The van der Waals surface area contributed by atoms with Crippen molar-refractivity contribution in [3.05, 3.63) is 0 Å². The molecule has 0 N–H and O–H groups in total. The first-order chi connectivity index (χ1) is 6.76. The normalized spacial score (nSPS) is 26.4. The van der Waals surface area contributed by atoms with Crippen LogP contribution in [0.25, 0.3) is 0 Å². The van der Waals surface area contributed by atoms with Gasteiger partial charge >= 0.3 is 0 Å². The monoisotopic (exact) mass is 215 g/mol. The number of rotatable bonds is 5. The van der Waals surface area contributed by atoms with Crippen molar-refractivity contribution in [3.8, 4) is 0 Å². The molecule has 84 valence electrons. The molecule has 2 heteroatoms. The van der Waals surface area contributed by atoms with E-state index in [0.29, 0.717) is 0 Å². The Labute approximate surface area is 94.7 Å². The summed E-state index contributed by atoms with van der Waals surface area (Å²) in [7, 11) is 0. The molecule has 0 saturated carbocycles. The summed E-state index contributed by atoms with van der Waals surface area (Å²) in [5.74, 6) is 2.78. The van der Waals surface area contributed by atoms with Gasteiger partial charge in [-0.2, -0.15) is 12.6 Å². The van der Waals surface area contributed by atoms with Crippen LogP contribution in [-0.4, -0.2) is 30.3 Å². The van der Waals surface area contributed by atoms with Gasteiger partial charge in [0.15, 0.2) is 0 Å². The molecule has 0 spiro atoms. The van der Waals surface area contributed by atoms with Crippen LogP contribution in [0.3, 0.4) is 0 Å². The fourth-order valence-corrected chi connectivity index (χ4v) is 2.76. The lowest BCUT2D eigenvalue weighted by Gasteiger charge is -2.33. The molecule has 0 aromatic rings. The van der Waals surface area contributed by atoms with Gasteiger partial charge in [0.1, 0.15) is 0 Å².